The molecule has 0 radical (unpaired) electrons. The van der Waals surface area contributed by atoms with E-state index in [-0.39, 0.29) is 4.31 Å². The van der Waals surface area contributed by atoms with E-state index in [1.807, 2.05) is 0 Å². The zero-order valence-electron chi connectivity index (χ0n) is 9.86. The third-order valence-corrected chi connectivity index (χ3v) is 4.36. The molecule has 0 aliphatic carbocycles. The van der Waals surface area contributed by atoms with Crippen LogP contribution in [-0.2, 0) is 10.0 Å². The number of hydrogen-bond acceptors (Lipinski definition) is 3. The zero-order valence-corrected chi connectivity index (χ0v) is 11.4. The van der Waals surface area contributed by atoms with Gasteiger partial charge in [0.15, 0.2) is 0 Å². The third-order valence-electron chi connectivity index (χ3n) is 2.23. The average Bonchev–Trinajstić information content (AvgIpc) is 2.30. The molecule has 0 fully saturated rings. The van der Waals surface area contributed by atoms with E-state index in [1.54, 1.807) is 0 Å². The Morgan fingerprint density at radius 3 is 2.35 bits per heavy atom. The zero-order chi connectivity index (χ0) is 15.6. The minimum absolute atomic E-state index is 0.0521. The molecule has 0 aliphatic rings. The highest BCUT2D eigenvalue weighted by Gasteiger charge is 2.36. The van der Waals surface area contributed by atoms with Crippen molar-refractivity contribution in [2.75, 3.05) is 19.7 Å². The van der Waals surface area contributed by atoms with Crippen LogP contribution < -0.4 is 0 Å². The van der Waals surface area contributed by atoms with Gasteiger partial charge in [0.1, 0.15) is 12.4 Å². The largest absolute Gasteiger partial charge is 0.402 e. The summed E-state index contributed by atoms with van der Waals surface area (Å²) in [6.45, 7) is -3.29. The molecule has 0 saturated carbocycles. The Labute approximate surface area is 117 Å². The van der Waals surface area contributed by atoms with E-state index in [9.17, 15) is 26.0 Å². The molecule has 0 atom stereocenters. The van der Waals surface area contributed by atoms with E-state index in [0.29, 0.717) is 6.07 Å². The Balaban J connectivity index is 3.18. The first-order valence-electron chi connectivity index (χ1n) is 5.21. The summed E-state index contributed by atoms with van der Waals surface area (Å²) in [7, 11) is -4.53. The molecule has 1 aromatic carbocycles. The molecular formula is C10H10ClF4NO3S. The van der Waals surface area contributed by atoms with Gasteiger partial charge in [0, 0.05) is 6.54 Å². The monoisotopic (exact) mass is 335 g/mol. The normalized spacial score (nSPS) is 12.9. The van der Waals surface area contributed by atoms with Crippen molar-refractivity contribution in [3.05, 3.63) is 29.0 Å². The summed E-state index contributed by atoms with van der Waals surface area (Å²) in [4.78, 5) is -0.582. The lowest BCUT2D eigenvalue weighted by Crippen LogP contribution is -2.40. The molecule has 0 saturated heterocycles. The maximum atomic E-state index is 12.9. The number of nitrogens with zero attached hydrogens (tertiary/aromatic N) is 1. The van der Waals surface area contributed by atoms with Crippen LogP contribution >= 0.6 is 11.6 Å². The second kappa shape index (κ2) is 6.25. The highest BCUT2D eigenvalue weighted by Crippen LogP contribution is 2.25. The first-order valence-corrected chi connectivity index (χ1v) is 7.02. The summed E-state index contributed by atoms with van der Waals surface area (Å²) < 4.78 is 74.0. The van der Waals surface area contributed by atoms with Gasteiger partial charge in [-0.2, -0.15) is 17.5 Å². The molecule has 0 aromatic heterocycles. The molecule has 0 aliphatic heterocycles. The van der Waals surface area contributed by atoms with Gasteiger partial charge in [-0.3, -0.25) is 0 Å². The highest BCUT2D eigenvalue weighted by molar-refractivity contribution is 7.89. The number of sulfonamides is 1. The molecule has 0 spiro atoms. The van der Waals surface area contributed by atoms with Gasteiger partial charge in [-0.15, -0.1) is 0 Å². The van der Waals surface area contributed by atoms with Gasteiger partial charge in [-0.05, 0) is 18.2 Å². The van der Waals surface area contributed by atoms with Crippen LogP contribution in [-0.4, -0.2) is 43.7 Å². The van der Waals surface area contributed by atoms with E-state index in [0.717, 1.165) is 12.1 Å². The Morgan fingerprint density at radius 2 is 1.90 bits per heavy atom. The quantitative estimate of drug-likeness (QED) is 0.838. The Hall–Kier alpha value is -0.900. The molecule has 1 aromatic rings. The van der Waals surface area contributed by atoms with Crippen molar-refractivity contribution in [3.63, 3.8) is 0 Å². The summed E-state index contributed by atoms with van der Waals surface area (Å²) in [5.74, 6) is -0.893. The van der Waals surface area contributed by atoms with Crippen molar-refractivity contribution in [3.8, 4) is 0 Å². The molecule has 114 valence electrons. The fraction of sp³-hybridized carbons (Fsp3) is 0.400. The van der Waals surface area contributed by atoms with Crippen LogP contribution in [0.3, 0.4) is 0 Å². The molecule has 20 heavy (non-hydrogen) atoms. The topological polar surface area (TPSA) is 57.6 Å². The minimum Gasteiger partial charge on any atom is -0.395 e. The second-order valence-electron chi connectivity index (χ2n) is 3.75. The second-order valence-corrected chi connectivity index (χ2v) is 6.10. The molecule has 0 amide bonds. The van der Waals surface area contributed by atoms with Crippen molar-refractivity contribution in [2.45, 2.75) is 11.1 Å². The molecule has 10 heteroatoms. The summed E-state index contributed by atoms with van der Waals surface area (Å²) in [6, 6.07) is 2.25. The first-order chi connectivity index (χ1) is 9.08. The van der Waals surface area contributed by atoms with E-state index in [2.05, 4.69) is 0 Å². The van der Waals surface area contributed by atoms with Gasteiger partial charge in [0.05, 0.1) is 16.5 Å². The van der Waals surface area contributed by atoms with Gasteiger partial charge in [-0.25, -0.2) is 12.8 Å². The van der Waals surface area contributed by atoms with Crippen molar-refractivity contribution in [2.24, 2.45) is 0 Å². The fourth-order valence-corrected chi connectivity index (χ4v) is 3.07. The predicted octanol–water partition coefficient (Wildman–Crippen LogP) is 2.02. The van der Waals surface area contributed by atoms with Crippen LogP contribution in [0.25, 0.3) is 0 Å². The maximum absolute atomic E-state index is 12.9. The number of hydrogen-bond donors (Lipinski definition) is 1. The van der Waals surface area contributed by atoms with Crippen LogP contribution in [0.4, 0.5) is 17.6 Å². The van der Waals surface area contributed by atoms with Crippen LogP contribution in [0.15, 0.2) is 23.1 Å². The van der Waals surface area contributed by atoms with E-state index < -0.39 is 51.6 Å². The van der Waals surface area contributed by atoms with E-state index >= 15 is 0 Å². The van der Waals surface area contributed by atoms with Gasteiger partial charge in [-0.1, -0.05) is 11.6 Å². The number of rotatable bonds is 5. The van der Waals surface area contributed by atoms with Gasteiger partial charge >= 0.3 is 6.18 Å². The minimum atomic E-state index is -4.77. The lowest BCUT2D eigenvalue weighted by molar-refractivity contribution is -0.136. The van der Waals surface area contributed by atoms with Gasteiger partial charge in [0.2, 0.25) is 10.0 Å². The fourth-order valence-electron chi connectivity index (χ4n) is 1.38. The Kier molecular flexibility index (Phi) is 5.36. The maximum Gasteiger partial charge on any atom is 0.402 e. The number of alkyl halides is 3. The average molecular weight is 336 g/mol. The lowest BCUT2D eigenvalue weighted by Gasteiger charge is -2.22. The van der Waals surface area contributed by atoms with Crippen molar-refractivity contribution in [1.82, 2.24) is 4.31 Å². The third kappa shape index (κ3) is 4.30. The van der Waals surface area contributed by atoms with E-state index in [1.165, 1.54) is 0 Å². The van der Waals surface area contributed by atoms with Gasteiger partial charge in [0.25, 0.3) is 0 Å². The number of aliphatic hydroxyl groups excluding tert-OH is 1. The summed E-state index contributed by atoms with van der Waals surface area (Å²) >= 11 is 5.41. The lowest BCUT2D eigenvalue weighted by atomic mass is 10.3. The van der Waals surface area contributed by atoms with Crippen molar-refractivity contribution >= 4 is 21.6 Å². The first kappa shape index (κ1) is 17.2. The van der Waals surface area contributed by atoms with Crippen LogP contribution in [0.5, 0.6) is 0 Å². The standard InChI is InChI=1S/C10H10ClF4NO3S/c11-8-5-7(1-2-9(8)12)20(18,19)16(3-4-17)6-10(13,14)15/h1-2,5,17H,3-4,6H2. The van der Waals surface area contributed by atoms with E-state index in [4.69, 9.17) is 16.7 Å². The van der Waals surface area contributed by atoms with Crippen LogP contribution in [0.1, 0.15) is 0 Å². The molecule has 0 unspecified atom stereocenters. The van der Waals surface area contributed by atoms with Crippen molar-refractivity contribution in [1.29, 1.82) is 0 Å². The summed E-state index contributed by atoms with van der Waals surface area (Å²) in [5, 5.41) is 8.16. The highest BCUT2D eigenvalue weighted by atomic mass is 35.5. The SMILES string of the molecule is O=S(=O)(c1ccc(F)c(Cl)c1)N(CCO)CC(F)(F)F. The molecular weight excluding hydrogens is 326 g/mol. The molecule has 1 rings (SSSR count). The molecule has 0 bridgehead atoms. The van der Waals surface area contributed by atoms with Crippen LogP contribution in [0.2, 0.25) is 5.02 Å². The summed E-state index contributed by atoms with van der Waals surface area (Å²) in [5.41, 5.74) is 0. The summed E-state index contributed by atoms with van der Waals surface area (Å²) in [6.07, 6.45) is -4.77. The number of aliphatic hydroxyl groups is 1. The Bertz CT molecular complexity index is 576. The predicted molar refractivity (Wildman–Crippen MR) is 63.3 cm³/mol. The Morgan fingerprint density at radius 1 is 1.30 bits per heavy atom. The van der Waals surface area contributed by atoms with Gasteiger partial charge < -0.3 is 5.11 Å². The molecule has 1 N–H and O–H groups in total. The van der Waals surface area contributed by atoms with Crippen LogP contribution in [0, 0.1) is 5.82 Å². The number of benzene rings is 1. The molecule has 0 heterocycles. The molecule has 4 nitrogen and oxygen atoms in total. The van der Waals surface area contributed by atoms with Crippen molar-refractivity contribution < 1.29 is 31.1 Å². The number of halogens is 5. The smallest absolute Gasteiger partial charge is 0.395 e.